The lowest BCUT2D eigenvalue weighted by atomic mass is 10.1. The Labute approximate surface area is 102 Å². The van der Waals surface area contributed by atoms with Crippen LogP contribution in [0.25, 0.3) is 5.78 Å². The summed E-state index contributed by atoms with van der Waals surface area (Å²) in [5.74, 6) is 0.218. The number of aryl methyl sites for hydroxylation is 1. The predicted molar refractivity (Wildman–Crippen MR) is 63.2 cm³/mol. The van der Waals surface area contributed by atoms with E-state index in [-0.39, 0.29) is 5.78 Å². The van der Waals surface area contributed by atoms with Gasteiger partial charge in [0, 0.05) is 5.56 Å². The molecule has 0 spiro atoms. The SMILES string of the molecule is Cc1c(C(=O)c2ccccc2)nnc2ncnn12. The Balaban J connectivity index is 2.15. The van der Waals surface area contributed by atoms with Crippen LogP contribution >= 0.6 is 0 Å². The maximum atomic E-state index is 12.3. The van der Waals surface area contributed by atoms with Crippen LogP contribution in [0.3, 0.4) is 0 Å². The minimum atomic E-state index is -0.169. The minimum Gasteiger partial charge on any atom is -0.287 e. The molecule has 18 heavy (non-hydrogen) atoms. The van der Waals surface area contributed by atoms with Crippen LogP contribution in [0.4, 0.5) is 0 Å². The maximum absolute atomic E-state index is 12.3. The third kappa shape index (κ3) is 1.55. The van der Waals surface area contributed by atoms with Gasteiger partial charge in [0.25, 0.3) is 5.78 Å². The van der Waals surface area contributed by atoms with E-state index in [0.29, 0.717) is 22.7 Å². The van der Waals surface area contributed by atoms with Crippen molar-refractivity contribution in [3.63, 3.8) is 0 Å². The Morgan fingerprint density at radius 1 is 1.17 bits per heavy atom. The second kappa shape index (κ2) is 3.99. The summed E-state index contributed by atoms with van der Waals surface area (Å²) in [6.07, 6.45) is 1.38. The van der Waals surface area contributed by atoms with Crippen molar-refractivity contribution in [3.8, 4) is 0 Å². The third-order valence-electron chi connectivity index (χ3n) is 2.68. The van der Waals surface area contributed by atoms with Crippen molar-refractivity contribution in [3.05, 3.63) is 53.6 Å². The van der Waals surface area contributed by atoms with Crippen molar-refractivity contribution in [1.82, 2.24) is 24.8 Å². The van der Waals surface area contributed by atoms with E-state index in [2.05, 4.69) is 20.3 Å². The van der Waals surface area contributed by atoms with Crippen molar-refractivity contribution in [2.24, 2.45) is 0 Å². The van der Waals surface area contributed by atoms with Crippen molar-refractivity contribution >= 4 is 11.6 Å². The van der Waals surface area contributed by atoms with E-state index < -0.39 is 0 Å². The van der Waals surface area contributed by atoms with Gasteiger partial charge >= 0.3 is 0 Å². The number of fused-ring (bicyclic) bond motifs is 1. The Kier molecular flexibility index (Phi) is 2.33. The van der Waals surface area contributed by atoms with E-state index in [0.717, 1.165) is 0 Å². The number of nitrogens with zero attached hydrogens (tertiary/aromatic N) is 5. The number of benzene rings is 1. The number of ketones is 1. The average Bonchev–Trinajstić information content (AvgIpc) is 2.89. The molecule has 2 heterocycles. The molecule has 0 radical (unpaired) electrons. The van der Waals surface area contributed by atoms with Gasteiger partial charge in [0.1, 0.15) is 6.33 Å². The summed E-state index contributed by atoms with van der Waals surface area (Å²) in [7, 11) is 0. The fourth-order valence-corrected chi connectivity index (χ4v) is 1.74. The quantitative estimate of drug-likeness (QED) is 0.625. The first-order chi connectivity index (χ1) is 8.77. The first kappa shape index (κ1) is 10.5. The largest absolute Gasteiger partial charge is 0.287 e. The van der Waals surface area contributed by atoms with Crippen LogP contribution in [0, 0.1) is 6.92 Å². The van der Waals surface area contributed by atoms with Crippen LogP contribution in [-0.2, 0) is 0 Å². The van der Waals surface area contributed by atoms with Crippen molar-refractivity contribution in [2.45, 2.75) is 6.92 Å². The molecule has 0 saturated carbocycles. The van der Waals surface area contributed by atoms with Gasteiger partial charge in [-0.05, 0) is 6.92 Å². The fraction of sp³-hybridized carbons (Fsp3) is 0.0833. The van der Waals surface area contributed by atoms with Crippen molar-refractivity contribution in [2.75, 3.05) is 0 Å². The highest BCUT2D eigenvalue weighted by Gasteiger charge is 2.16. The fourth-order valence-electron chi connectivity index (χ4n) is 1.74. The number of hydrogen-bond donors (Lipinski definition) is 0. The lowest BCUT2D eigenvalue weighted by Crippen LogP contribution is -2.12. The van der Waals surface area contributed by atoms with E-state index in [9.17, 15) is 4.79 Å². The summed E-state index contributed by atoms with van der Waals surface area (Å²) < 4.78 is 1.50. The molecule has 6 heteroatoms. The Morgan fingerprint density at radius 3 is 2.72 bits per heavy atom. The molecule has 0 fully saturated rings. The molecule has 1 aromatic carbocycles. The third-order valence-corrected chi connectivity index (χ3v) is 2.68. The molecule has 2 aromatic heterocycles. The molecule has 3 rings (SSSR count). The van der Waals surface area contributed by atoms with Crippen LogP contribution in [-0.4, -0.2) is 30.6 Å². The lowest BCUT2D eigenvalue weighted by Gasteiger charge is -2.03. The zero-order valence-corrected chi connectivity index (χ0v) is 9.61. The highest BCUT2D eigenvalue weighted by Crippen LogP contribution is 2.11. The highest BCUT2D eigenvalue weighted by molar-refractivity contribution is 6.08. The minimum absolute atomic E-state index is 0.169. The summed E-state index contributed by atoms with van der Waals surface area (Å²) in [5.41, 5.74) is 1.50. The molecule has 0 saturated heterocycles. The molecule has 0 atom stereocenters. The van der Waals surface area contributed by atoms with Gasteiger partial charge in [-0.1, -0.05) is 30.3 Å². The molecule has 88 valence electrons. The molecule has 0 N–H and O–H groups in total. The van der Waals surface area contributed by atoms with Gasteiger partial charge < -0.3 is 0 Å². The monoisotopic (exact) mass is 239 g/mol. The topological polar surface area (TPSA) is 73.0 Å². The predicted octanol–water partition coefficient (Wildman–Crippen LogP) is 1.06. The molecule has 0 bridgehead atoms. The molecule has 0 unspecified atom stereocenters. The number of rotatable bonds is 2. The van der Waals surface area contributed by atoms with Crippen LogP contribution < -0.4 is 0 Å². The Hall–Kier alpha value is -2.63. The van der Waals surface area contributed by atoms with E-state index in [1.807, 2.05) is 18.2 Å². The van der Waals surface area contributed by atoms with Gasteiger partial charge in [0.2, 0.25) is 5.78 Å². The van der Waals surface area contributed by atoms with E-state index in [1.165, 1.54) is 10.8 Å². The van der Waals surface area contributed by atoms with Gasteiger partial charge in [-0.3, -0.25) is 4.79 Å². The molecule has 6 nitrogen and oxygen atoms in total. The average molecular weight is 239 g/mol. The first-order valence-electron chi connectivity index (χ1n) is 5.40. The van der Waals surface area contributed by atoms with Crippen molar-refractivity contribution < 1.29 is 4.79 Å². The normalized spacial score (nSPS) is 10.7. The number of carbonyl (C=O) groups is 1. The van der Waals surface area contributed by atoms with Crippen LogP contribution in [0.5, 0.6) is 0 Å². The van der Waals surface area contributed by atoms with Crippen LogP contribution in [0.15, 0.2) is 36.7 Å². The summed E-state index contributed by atoms with van der Waals surface area (Å²) in [6, 6.07) is 8.97. The smallest absolute Gasteiger partial charge is 0.271 e. The van der Waals surface area contributed by atoms with Gasteiger partial charge in [0.05, 0.1) is 5.69 Å². The maximum Gasteiger partial charge on any atom is 0.271 e. The molecule has 0 aliphatic heterocycles. The first-order valence-corrected chi connectivity index (χ1v) is 5.40. The number of aromatic nitrogens is 5. The summed E-state index contributed by atoms with van der Waals surface area (Å²) in [4.78, 5) is 16.2. The van der Waals surface area contributed by atoms with E-state index in [1.54, 1.807) is 19.1 Å². The zero-order chi connectivity index (χ0) is 12.5. The summed E-state index contributed by atoms with van der Waals surface area (Å²) >= 11 is 0. The number of hydrogen-bond acceptors (Lipinski definition) is 5. The van der Waals surface area contributed by atoms with Gasteiger partial charge in [-0.2, -0.15) is 14.6 Å². The van der Waals surface area contributed by atoms with Crippen molar-refractivity contribution in [1.29, 1.82) is 0 Å². The van der Waals surface area contributed by atoms with E-state index >= 15 is 0 Å². The Bertz CT molecular complexity index is 720. The summed E-state index contributed by atoms with van der Waals surface area (Å²) in [5, 5.41) is 11.8. The zero-order valence-electron chi connectivity index (χ0n) is 9.61. The Morgan fingerprint density at radius 2 is 1.94 bits per heavy atom. The number of carbonyl (C=O) groups excluding carboxylic acids is 1. The lowest BCUT2D eigenvalue weighted by molar-refractivity contribution is 0.103. The van der Waals surface area contributed by atoms with Gasteiger partial charge in [-0.25, -0.2) is 0 Å². The molecule has 0 aliphatic rings. The molecular formula is C12H9N5O. The second-order valence-electron chi connectivity index (χ2n) is 3.80. The molecule has 0 amide bonds. The second-order valence-corrected chi connectivity index (χ2v) is 3.80. The van der Waals surface area contributed by atoms with Crippen LogP contribution in [0.2, 0.25) is 0 Å². The molecule has 3 aromatic rings. The van der Waals surface area contributed by atoms with Crippen LogP contribution in [0.1, 0.15) is 21.7 Å². The van der Waals surface area contributed by atoms with Gasteiger partial charge in [-0.15, -0.1) is 10.2 Å². The molecule has 0 aliphatic carbocycles. The van der Waals surface area contributed by atoms with E-state index in [4.69, 9.17) is 0 Å². The standard InChI is InChI=1S/C12H9N5O/c1-8-10(11(18)9-5-3-2-4-6-9)15-16-12-13-7-14-17(8)12/h2-7H,1H3. The van der Waals surface area contributed by atoms with Gasteiger partial charge in [0.15, 0.2) is 5.69 Å². The summed E-state index contributed by atoms with van der Waals surface area (Å²) in [6.45, 7) is 1.77. The molecular weight excluding hydrogens is 230 g/mol. The highest BCUT2D eigenvalue weighted by atomic mass is 16.1.